The van der Waals surface area contributed by atoms with Crippen LogP contribution in [0.15, 0.2) is 18.2 Å². The summed E-state index contributed by atoms with van der Waals surface area (Å²) in [6, 6.07) is 5.88. The van der Waals surface area contributed by atoms with E-state index in [2.05, 4.69) is 5.32 Å². The van der Waals surface area contributed by atoms with Gasteiger partial charge < -0.3 is 15.0 Å². The monoisotopic (exact) mass is 392 g/mol. The molecule has 1 N–H and O–H groups in total. The van der Waals surface area contributed by atoms with Gasteiger partial charge in [0, 0.05) is 43.2 Å². The smallest absolute Gasteiger partial charge is 0.225 e. The fraction of sp³-hybridized carbons (Fsp3) is 0.636. The van der Waals surface area contributed by atoms with E-state index in [4.69, 9.17) is 11.6 Å². The molecule has 2 fully saturated rings. The fourth-order valence-corrected chi connectivity index (χ4v) is 4.30. The van der Waals surface area contributed by atoms with Gasteiger partial charge in [-0.05, 0) is 62.3 Å². The third-order valence-corrected chi connectivity index (χ3v) is 5.86. The van der Waals surface area contributed by atoms with E-state index in [1.807, 2.05) is 37.1 Å². The number of halogens is 1. The van der Waals surface area contributed by atoms with Crippen LogP contribution in [0.5, 0.6) is 0 Å². The van der Waals surface area contributed by atoms with Gasteiger partial charge in [0.1, 0.15) is 6.29 Å². The molecule has 1 heterocycles. The number of hydrogen-bond acceptors (Lipinski definition) is 3. The Morgan fingerprint density at radius 3 is 2.37 bits per heavy atom. The van der Waals surface area contributed by atoms with Gasteiger partial charge in [-0.3, -0.25) is 4.79 Å². The Labute approximate surface area is 168 Å². The van der Waals surface area contributed by atoms with Gasteiger partial charge in [0.2, 0.25) is 5.91 Å². The van der Waals surface area contributed by atoms with E-state index >= 15 is 0 Å². The van der Waals surface area contributed by atoms with Crippen LogP contribution in [0.4, 0.5) is 5.69 Å². The molecule has 0 spiro atoms. The van der Waals surface area contributed by atoms with Crippen molar-refractivity contribution in [3.8, 4) is 0 Å². The number of carbonyl (C=O) groups is 2. The molecule has 1 aliphatic carbocycles. The average Bonchev–Trinajstić information content (AvgIpc) is 2.69. The first kappa shape index (κ1) is 21.7. The van der Waals surface area contributed by atoms with Crippen LogP contribution < -0.4 is 5.32 Å². The maximum Gasteiger partial charge on any atom is 0.225 e. The standard InChI is InChI=1S/C14H23NO2.C8H10ClN/c16-11-8-12-6-9-15(10-7-12)14(17)13-4-2-1-3-5-13;1-6-3-7(9)5-8(4-6)10-2/h11-13H,1-10H2;3-5,10H,1-2H3. The summed E-state index contributed by atoms with van der Waals surface area (Å²) >= 11 is 5.79. The average molecular weight is 393 g/mol. The van der Waals surface area contributed by atoms with Gasteiger partial charge >= 0.3 is 0 Å². The summed E-state index contributed by atoms with van der Waals surface area (Å²) in [5.41, 5.74) is 2.24. The molecule has 0 atom stereocenters. The highest BCUT2D eigenvalue weighted by molar-refractivity contribution is 6.30. The molecule has 1 aromatic carbocycles. The van der Waals surface area contributed by atoms with Crippen LogP contribution >= 0.6 is 11.6 Å². The van der Waals surface area contributed by atoms with Gasteiger partial charge in [-0.25, -0.2) is 0 Å². The van der Waals surface area contributed by atoms with Gasteiger partial charge in [-0.1, -0.05) is 30.9 Å². The molecule has 3 rings (SSSR count). The summed E-state index contributed by atoms with van der Waals surface area (Å²) in [7, 11) is 1.88. The molecule has 1 aliphatic heterocycles. The molecule has 1 amide bonds. The van der Waals surface area contributed by atoms with Crippen molar-refractivity contribution in [3.05, 3.63) is 28.8 Å². The predicted octanol–water partition coefficient (Wildman–Crippen LogP) is 5.08. The van der Waals surface area contributed by atoms with Crippen molar-refractivity contribution in [1.29, 1.82) is 0 Å². The van der Waals surface area contributed by atoms with Gasteiger partial charge in [-0.2, -0.15) is 0 Å². The summed E-state index contributed by atoms with van der Waals surface area (Å²) in [6.45, 7) is 3.76. The van der Waals surface area contributed by atoms with E-state index in [1.165, 1.54) is 24.8 Å². The SMILES string of the molecule is CNc1cc(C)cc(Cl)c1.O=CCC1CCN(C(=O)C2CCCCC2)CC1. The first-order chi connectivity index (χ1) is 13.0. The number of piperidine rings is 1. The molecule has 27 heavy (non-hydrogen) atoms. The van der Waals surface area contributed by atoms with Crippen LogP contribution in [-0.4, -0.2) is 37.2 Å². The molecular weight excluding hydrogens is 360 g/mol. The van der Waals surface area contributed by atoms with Crippen molar-refractivity contribution >= 4 is 29.5 Å². The van der Waals surface area contributed by atoms with Crippen molar-refractivity contribution in [3.63, 3.8) is 0 Å². The number of carbonyl (C=O) groups excluding carboxylic acids is 2. The van der Waals surface area contributed by atoms with Crippen molar-refractivity contribution < 1.29 is 9.59 Å². The van der Waals surface area contributed by atoms with E-state index in [9.17, 15) is 9.59 Å². The van der Waals surface area contributed by atoms with E-state index in [0.29, 0.717) is 24.2 Å². The topological polar surface area (TPSA) is 49.4 Å². The van der Waals surface area contributed by atoms with E-state index in [1.54, 1.807) is 0 Å². The van der Waals surface area contributed by atoms with Crippen LogP contribution in [0.2, 0.25) is 5.02 Å². The summed E-state index contributed by atoms with van der Waals surface area (Å²) in [5.74, 6) is 1.20. The van der Waals surface area contributed by atoms with Crippen molar-refractivity contribution in [2.45, 2.75) is 58.3 Å². The molecule has 4 nitrogen and oxygen atoms in total. The second-order valence-corrected chi connectivity index (χ2v) is 8.21. The minimum absolute atomic E-state index is 0.298. The normalized spacial score (nSPS) is 18.4. The van der Waals surface area contributed by atoms with Crippen LogP contribution in [0.1, 0.15) is 56.9 Å². The first-order valence-corrected chi connectivity index (χ1v) is 10.6. The summed E-state index contributed by atoms with van der Waals surface area (Å²) in [6.07, 6.45) is 9.63. The largest absolute Gasteiger partial charge is 0.388 e. The van der Waals surface area contributed by atoms with Crippen molar-refractivity contribution in [2.75, 3.05) is 25.5 Å². The number of nitrogens with one attached hydrogen (secondary N) is 1. The number of benzene rings is 1. The lowest BCUT2D eigenvalue weighted by Crippen LogP contribution is -2.42. The third-order valence-electron chi connectivity index (χ3n) is 5.64. The highest BCUT2D eigenvalue weighted by Crippen LogP contribution is 2.28. The van der Waals surface area contributed by atoms with Crippen LogP contribution in [0.25, 0.3) is 0 Å². The number of aryl methyl sites for hydroxylation is 1. The summed E-state index contributed by atoms with van der Waals surface area (Å²) < 4.78 is 0. The van der Waals surface area contributed by atoms with Gasteiger partial charge in [0.05, 0.1) is 0 Å². The Kier molecular flexibility index (Phi) is 9.12. The minimum Gasteiger partial charge on any atom is -0.388 e. The number of anilines is 1. The van der Waals surface area contributed by atoms with Gasteiger partial charge in [-0.15, -0.1) is 0 Å². The molecule has 0 bridgehead atoms. The zero-order valence-electron chi connectivity index (χ0n) is 16.7. The molecule has 2 aliphatic rings. The maximum atomic E-state index is 12.3. The Balaban J connectivity index is 0.000000223. The lowest BCUT2D eigenvalue weighted by Gasteiger charge is -2.34. The zero-order chi connectivity index (χ0) is 19.6. The van der Waals surface area contributed by atoms with Crippen LogP contribution in [-0.2, 0) is 9.59 Å². The second kappa shape index (κ2) is 11.3. The molecule has 1 saturated carbocycles. The second-order valence-electron chi connectivity index (χ2n) is 7.77. The fourth-order valence-electron chi connectivity index (χ4n) is 4.01. The lowest BCUT2D eigenvalue weighted by atomic mass is 9.87. The number of amides is 1. The number of aldehydes is 1. The Morgan fingerprint density at radius 1 is 1.15 bits per heavy atom. The highest BCUT2D eigenvalue weighted by Gasteiger charge is 2.28. The Bertz CT molecular complexity index is 586. The first-order valence-electron chi connectivity index (χ1n) is 10.2. The minimum atomic E-state index is 0.298. The predicted molar refractivity (Wildman–Crippen MR) is 112 cm³/mol. The van der Waals surface area contributed by atoms with Crippen molar-refractivity contribution in [2.24, 2.45) is 11.8 Å². The summed E-state index contributed by atoms with van der Waals surface area (Å²) in [4.78, 5) is 24.8. The molecular formula is C22H33ClN2O2. The number of hydrogen-bond donors (Lipinski definition) is 1. The highest BCUT2D eigenvalue weighted by atomic mass is 35.5. The molecule has 0 aromatic heterocycles. The number of rotatable bonds is 4. The molecule has 150 valence electrons. The molecule has 5 heteroatoms. The molecule has 0 unspecified atom stereocenters. The van der Waals surface area contributed by atoms with Crippen molar-refractivity contribution in [1.82, 2.24) is 4.90 Å². The maximum absolute atomic E-state index is 12.3. The quantitative estimate of drug-likeness (QED) is 0.726. The molecule has 1 saturated heterocycles. The molecule has 1 aromatic rings. The lowest BCUT2D eigenvalue weighted by molar-refractivity contribution is -0.138. The molecule has 0 radical (unpaired) electrons. The Morgan fingerprint density at radius 2 is 1.81 bits per heavy atom. The number of likely N-dealkylation sites (tertiary alicyclic amines) is 1. The van der Waals surface area contributed by atoms with E-state index in [0.717, 1.165) is 55.8 Å². The van der Waals surface area contributed by atoms with E-state index in [-0.39, 0.29) is 0 Å². The van der Waals surface area contributed by atoms with Crippen LogP contribution in [0, 0.1) is 18.8 Å². The van der Waals surface area contributed by atoms with Crippen LogP contribution in [0.3, 0.4) is 0 Å². The van der Waals surface area contributed by atoms with Gasteiger partial charge in [0.25, 0.3) is 0 Å². The Hall–Kier alpha value is -1.55. The zero-order valence-corrected chi connectivity index (χ0v) is 17.4. The summed E-state index contributed by atoms with van der Waals surface area (Å²) in [5, 5.41) is 3.81. The third kappa shape index (κ3) is 7.17. The van der Waals surface area contributed by atoms with Gasteiger partial charge in [0.15, 0.2) is 0 Å². The van der Waals surface area contributed by atoms with E-state index < -0.39 is 0 Å². The number of nitrogens with zero attached hydrogens (tertiary/aromatic N) is 1.